The molecule has 1 aliphatic rings. The average molecular weight is 357 g/mol. The Morgan fingerprint density at radius 2 is 2.19 bits per heavy atom. The monoisotopic (exact) mass is 357 g/mol. The summed E-state index contributed by atoms with van der Waals surface area (Å²) in [5, 5.41) is 11.8. The fraction of sp³-hybridized carbons (Fsp3) is 0.389. The molecule has 0 unspecified atom stereocenters. The van der Waals surface area contributed by atoms with Gasteiger partial charge in [-0.2, -0.15) is 0 Å². The minimum absolute atomic E-state index is 0.0625. The quantitative estimate of drug-likeness (QED) is 0.774. The molecule has 138 valence electrons. The number of nitrogens with one attached hydrogen (secondary N) is 1. The predicted molar refractivity (Wildman–Crippen MR) is 97.9 cm³/mol. The van der Waals surface area contributed by atoms with Crippen LogP contribution < -0.4 is 16.0 Å². The molecule has 26 heavy (non-hydrogen) atoms. The van der Waals surface area contributed by atoms with Gasteiger partial charge in [0.15, 0.2) is 0 Å². The highest BCUT2D eigenvalue weighted by Crippen LogP contribution is 2.39. The van der Waals surface area contributed by atoms with E-state index in [9.17, 15) is 14.7 Å². The molecule has 3 rings (SSSR count). The summed E-state index contributed by atoms with van der Waals surface area (Å²) in [5.41, 5.74) is 8.74. The van der Waals surface area contributed by atoms with Crippen LogP contribution in [0.5, 0.6) is 0 Å². The Bertz CT molecular complexity index is 832. The standard InChI is InChI=1S/C18H23N5O3/c1-11-7-15(21-18(25)26)14-8-13(3-4-17(14)23(11)12(2)24)16-9-22(6-5-19)10-20-16/h3-4,8-11,15,21H,5-7,19H2,1-2H3,(H,25,26)/t11-,15+/m0/s1. The van der Waals surface area contributed by atoms with E-state index >= 15 is 0 Å². The van der Waals surface area contributed by atoms with Crippen molar-refractivity contribution in [1.29, 1.82) is 0 Å². The second-order valence-corrected chi connectivity index (χ2v) is 6.53. The van der Waals surface area contributed by atoms with E-state index in [1.807, 2.05) is 35.9 Å². The van der Waals surface area contributed by atoms with Gasteiger partial charge in [0.1, 0.15) is 0 Å². The Labute approximate surface area is 151 Å². The highest BCUT2D eigenvalue weighted by atomic mass is 16.4. The fourth-order valence-corrected chi connectivity index (χ4v) is 3.57. The number of anilines is 1. The first-order valence-corrected chi connectivity index (χ1v) is 8.56. The summed E-state index contributed by atoms with van der Waals surface area (Å²) < 4.78 is 1.91. The van der Waals surface area contributed by atoms with Gasteiger partial charge in [0, 0.05) is 43.5 Å². The van der Waals surface area contributed by atoms with Crippen molar-refractivity contribution in [2.75, 3.05) is 11.4 Å². The van der Waals surface area contributed by atoms with Gasteiger partial charge in [-0.25, -0.2) is 9.78 Å². The number of hydrogen-bond acceptors (Lipinski definition) is 4. The molecule has 1 aliphatic heterocycles. The molecule has 0 saturated heterocycles. The molecule has 4 N–H and O–H groups in total. The minimum Gasteiger partial charge on any atom is -0.465 e. The van der Waals surface area contributed by atoms with Crippen LogP contribution in [-0.2, 0) is 11.3 Å². The number of benzene rings is 1. The van der Waals surface area contributed by atoms with Crippen molar-refractivity contribution in [1.82, 2.24) is 14.9 Å². The van der Waals surface area contributed by atoms with E-state index in [1.54, 1.807) is 11.2 Å². The van der Waals surface area contributed by atoms with Crippen LogP contribution in [0.2, 0.25) is 0 Å². The zero-order chi connectivity index (χ0) is 18.8. The molecular formula is C18H23N5O3. The molecule has 2 atom stereocenters. The first-order valence-electron chi connectivity index (χ1n) is 8.56. The molecule has 0 fully saturated rings. The van der Waals surface area contributed by atoms with E-state index in [0.717, 1.165) is 22.5 Å². The zero-order valence-electron chi connectivity index (χ0n) is 14.8. The SMILES string of the molecule is CC(=O)N1c2ccc(-c3cn(CCN)cn3)cc2[C@H](NC(=O)O)C[C@@H]1C. The first-order chi connectivity index (χ1) is 12.4. The number of carbonyl (C=O) groups is 2. The van der Waals surface area contributed by atoms with E-state index in [4.69, 9.17) is 5.73 Å². The maximum Gasteiger partial charge on any atom is 0.405 e. The highest BCUT2D eigenvalue weighted by molar-refractivity contribution is 5.94. The van der Waals surface area contributed by atoms with Gasteiger partial charge in [-0.05, 0) is 31.0 Å². The molecule has 0 saturated carbocycles. The molecule has 0 bridgehead atoms. The van der Waals surface area contributed by atoms with Gasteiger partial charge in [-0.1, -0.05) is 6.07 Å². The van der Waals surface area contributed by atoms with Crippen molar-refractivity contribution in [3.05, 3.63) is 36.3 Å². The number of nitrogens with two attached hydrogens (primary N) is 1. The Kier molecular flexibility index (Phi) is 4.94. The van der Waals surface area contributed by atoms with Crippen LogP contribution in [0.15, 0.2) is 30.7 Å². The van der Waals surface area contributed by atoms with Gasteiger partial charge < -0.3 is 25.6 Å². The number of carbonyl (C=O) groups excluding carboxylic acids is 1. The van der Waals surface area contributed by atoms with Crippen LogP contribution in [0.1, 0.15) is 31.9 Å². The number of carboxylic acid groups (broad SMARTS) is 1. The molecule has 2 aromatic rings. The van der Waals surface area contributed by atoms with Crippen LogP contribution >= 0.6 is 0 Å². The van der Waals surface area contributed by atoms with Crippen LogP contribution in [0.25, 0.3) is 11.3 Å². The third-order valence-electron chi connectivity index (χ3n) is 4.63. The van der Waals surface area contributed by atoms with Crippen molar-refractivity contribution < 1.29 is 14.7 Å². The summed E-state index contributed by atoms with van der Waals surface area (Å²) in [7, 11) is 0. The van der Waals surface area contributed by atoms with E-state index in [0.29, 0.717) is 19.5 Å². The van der Waals surface area contributed by atoms with E-state index in [2.05, 4.69) is 10.3 Å². The summed E-state index contributed by atoms with van der Waals surface area (Å²) >= 11 is 0. The van der Waals surface area contributed by atoms with Crippen LogP contribution in [0.4, 0.5) is 10.5 Å². The lowest BCUT2D eigenvalue weighted by Gasteiger charge is -2.39. The second kappa shape index (κ2) is 7.17. The Morgan fingerprint density at radius 1 is 1.42 bits per heavy atom. The van der Waals surface area contributed by atoms with Crippen molar-refractivity contribution in [3.63, 3.8) is 0 Å². The number of imidazole rings is 1. The van der Waals surface area contributed by atoms with Gasteiger partial charge in [0.05, 0.1) is 18.1 Å². The minimum atomic E-state index is -1.08. The van der Waals surface area contributed by atoms with Crippen LogP contribution in [0, 0.1) is 0 Å². The predicted octanol–water partition coefficient (Wildman–Crippen LogP) is 1.96. The van der Waals surface area contributed by atoms with E-state index in [1.165, 1.54) is 6.92 Å². The highest BCUT2D eigenvalue weighted by Gasteiger charge is 2.33. The molecule has 8 heteroatoms. The molecule has 0 spiro atoms. The van der Waals surface area contributed by atoms with Crippen LogP contribution in [-0.4, -0.2) is 39.2 Å². The fourth-order valence-electron chi connectivity index (χ4n) is 3.57. The summed E-state index contributed by atoms with van der Waals surface area (Å²) in [6, 6.07) is 5.21. The molecule has 2 heterocycles. The summed E-state index contributed by atoms with van der Waals surface area (Å²) in [6.07, 6.45) is 3.06. The van der Waals surface area contributed by atoms with Gasteiger partial charge in [0.25, 0.3) is 0 Å². The molecule has 0 aliphatic carbocycles. The molecule has 1 aromatic carbocycles. The average Bonchev–Trinajstić information content (AvgIpc) is 3.02. The molecule has 8 nitrogen and oxygen atoms in total. The van der Waals surface area contributed by atoms with Gasteiger partial charge >= 0.3 is 6.09 Å². The third kappa shape index (κ3) is 3.41. The Hall–Kier alpha value is -2.87. The number of nitrogens with zero attached hydrogens (tertiary/aromatic N) is 3. The normalized spacial score (nSPS) is 19.1. The summed E-state index contributed by atoms with van der Waals surface area (Å²) in [6.45, 7) is 4.64. The number of rotatable bonds is 4. The summed E-state index contributed by atoms with van der Waals surface area (Å²) in [5.74, 6) is -0.0625. The lowest BCUT2D eigenvalue weighted by atomic mass is 9.90. The zero-order valence-corrected chi connectivity index (χ0v) is 14.8. The largest absolute Gasteiger partial charge is 0.465 e. The van der Waals surface area contributed by atoms with Crippen molar-refractivity contribution in [3.8, 4) is 11.3 Å². The number of hydrogen-bond donors (Lipinski definition) is 3. The second-order valence-electron chi connectivity index (χ2n) is 6.53. The molecule has 1 aromatic heterocycles. The van der Waals surface area contributed by atoms with Gasteiger partial charge in [0.2, 0.25) is 5.91 Å². The summed E-state index contributed by atoms with van der Waals surface area (Å²) in [4.78, 5) is 29.4. The Balaban J connectivity index is 2.04. The number of fused-ring (bicyclic) bond motifs is 1. The third-order valence-corrected chi connectivity index (χ3v) is 4.63. The number of amides is 2. The van der Waals surface area contributed by atoms with Gasteiger partial charge in [-0.3, -0.25) is 4.79 Å². The smallest absolute Gasteiger partial charge is 0.405 e. The molecule has 0 radical (unpaired) electrons. The topological polar surface area (TPSA) is 113 Å². The molecule has 2 amide bonds. The number of aromatic nitrogens is 2. The lowest BCUT2D eigenvalue weighted by molar-refractivity contribution is -0.117. The maximum atomic E-state index is 12.1. The van der Waals surface area contributed by atoms with Gasteiger partial charge in [-0.15, -0.1) is 0 Å². The van der Waals surface area contributed by atoms with E-state index < -0.39 is 6.09 Å². The van der Waals surface area contributed by atoms with Crippen molar-refractivity contribution in [2.24, 2.45) is 5.73 Å². The Morgan fingerprint density at radius 3 is 2.85 bits per heavy atom. The van der Waals surface area contributed by atoms with Crippen molar-refractivity contribution in [2.45, 2.75) is 38.9 Å². The first kappa shape index (κ1) is 17.9. The maximum absolute atomic E-state index is 12.1. The molecular weight excluding hydrogens is 334 g/mol. The van der Waals surface area contributed by atoms with E-state index in [-0.39, 0.29) is 18.0 Å². The van der Waals surface area contributed by atoms with Crippen molar-refractivity contribution >= 4 is 17.7 Å². The lowest BCUT2D eigenvalue weighted by Crippen LogP contribution is -2.45. The van der Waals surface area contributed by atoms with Crippen LogP contribution in [0.3, 0.4) is 0 Å².